The van der Waals surface area contributed by atoms with E-state index in [1.807, 2.05) is 11.3 Å². The summed E-state index contributed by atoms with van der Waals surface area (Å²) in [6.07, 6.45) is 7.63. The van der Waals surface area contributed by atoms with E-state index in [4.69, 9.17) is 0 Å². The molecule has 1 unspecified atom stereocenters. The first-order chi connectivity index (χ1) is 16.3. The largest absolute Gasteiger partial charge is 0.309 e. The lowest BCUT2D eigenvalue weighted by atomic mass is 9.96. The number of alkyl halides is 1. The predicted octanol–water partition coefficient (Wildman–Crippen LogP) is 9.26. The molecule has 0 bridgehead atoms. The molecule has 1 atom stereocenters. The minimum Gasteiger partial charge on any atom is -0.309 e. The van der Waals surface area contributed by atoms with Gasteiger partial charge < -0.3 is 4.57 Å². The van der Waals surface area contributed by atoms with Crippen LogP contribution in [-0.2, 0) is 0 Å². The van der Waals surface area contributed by atoms with E-state index in [0.717, 1.165) is 6.42 Å². The third-order valence-corrected chi connectivity index (χ3v) is 8.46. The molecule has 0 amide bonds. The highest BCUT2D eigenvalue weighted by atomic mass is 79.9. The molecule has 158 valence electrons. The Bertz CT molecular complexity index is 1760. The number of rotatable bonds is 2. The number of fused-ring (bicyclic) bond motifs is 6. The van der Waals surface area contributed by atoms with E-state index in [0.29, 0.717) is 4.83 Å². The second-order valence-corrected chi connectivity index (χ2v) is 10.9. The van der Waals surface area contributed by atoms with Crippen LogP contribution in [0.2, 0.25) is 0 Å². The van der Waals surface area contributed by atoms with Crippen molar-refractivity contribution in [3.8, 4) is 5.69 Å². The van der Waals surface area contributed by atoms with E-state index < -0.39 is 0 Å². The van der Waals surface area contributed by atoms with Gasteiger partial charge in [-0.2, -0.15) is 0 Å². The lowest BCUT2D eigenvalue weighted by Gasteiger charge is -2.15. The Morgan fingerprint density at radius 3 is 2.45 bits per heavy atom. The molecule has 0 saturated heterocycles. The van der Waals surface area contributed by atoms with Crippen molar-refractivity contribution in [2.75, 3.05) is 0 Å². The van der Waals surface area contributed by atoms with Crippen LogP contribution in [0.4, 0.5) is 0 Å². The lowest BCUT2D eigenvalue weighted by Crippen LogP contribution is -2.00. The molecule has 0 fully saturated rings. The molecule has 7 rings (SSSR count). The van der Waals surface area contributed by atoms with E-state index in [1.54, 1.807) is 0 Å². The molecule has 0 saturated carbocycles. The van der Waals surface area contributed by atoms with Crippen LogP contribution in [0.25, 0.3) is 53.2 Å². The summed E-state index contributed by atoms with van der Waals surface area (Å²) in [7, 11) is 0. The number of allylic oxidation sites excluding steroid dienone is 4. The van der Waals surface area contributed by atoms with Crippen LogP contribution in [0.15, 0.2) is 103 Å². The zero-order valence-corrected chi connectivity index (χ0v) is 20.2. The quantitative estimate of drug-likeness (QED) is 0.206. The number of nitrogens with zero attached hydrogens (tertiary/aromatic N) is 1. The van der Waals surface area contributed by atoms with Gasteiger partial charge in [-0.15, -0.1) is 11.3 Å². The van der Waals surface area contributed by atoms with Crippen LogP contribution in [0.1, 0.15) is 12.0 Å². The third kappa shape index (κ3) is 2.96. The zero-order valence-electron chi connectivity index (χ0n) is 17.8. The van der Waals surface area contributed by atoms with Gasteiger partial charge in [0.05, 0.1) is 16.7 Å². The number of hydrogen-bond acceptors (Lipinski definition) is 1. The summed E-state index contributed by atoms with van der Waals surface area (Å²) >= 11 is 5.64. The van der Waals surface area contributed by atoms with E-state index in [-0.39, 0.29) is 0 Å². The van der Waals surface area contributed by atoms with E-state index in [2.05, 4.69) is 124 Å². The van der Waals surface area contributed by atoms with Gasteiger partial charge in [0, 0.05) is 35.8 Å². The average Bonchev–Trinajstić information content (AvgIpc) is 3.39. The number of halogens is 1. The summed E-state index contributed by atoms with van der Waals surface area (Å²) < 4.78 is 5.14. The Labute approximate surface area is 204 Å². The van der Waals surface area contributed by atoms with Gasteiger partial charge in [-0.3, -0.25) is 0 Å². The van der Waals surface area contributed by atoms with Gasteiger partial charge >= 0.3 is 0 Å². The van der Waals surface area contributed by atoms with Crippen molar-refractivity contribution >= 4 is 74.8 Å². The highest BCUT2D eigenvalue weighted by Crippen LogP contribution is 2.41. The average molecular weight is 506 g/mol. The fourth-order valence-corrected chi connectivity index (χ4v) is 6.88. The second-order valence-electron chi connectivity index (χ2n) is 8.63. The molecule has 2 heterocycles. The summed E-state index contributed by atoms with van der Waals surface area (Å²) in [5.74, 6) is 0. The molecule has 3 heteroatoms. The Hall–Kier alpha value is -3.14. The molecule has 0 N–H and O–H groups in total. The first kappa shape index (κ1) is 19.3. The summed E-state index contributed by atoms with van der Waals surface area (Å²) in [4.78, 5) is 0.393. The number of aromatic nitrogens is 1. The SMILES string of the molecule is BrC1C=CC=C(c2ccc3c4ccccc4n(-c4cccc5sc6ccccc6c45)c3c2)C1. The van der Waals surface area contributed by atoms with Crippen LogP contribution < -0.4 is 0 Å². The minimum absolute atomic E-state index is 0.393. The van der Waals surface area contributed by atoms with Crippen LogP contribution in [-0.4, -0.2) is 9.39 Å². The molecule has 0 radical (unpaired) electrons. The maximum atomic E-state index is 3.77. The lowest BCUT2D eigenvalue weighted by molar-refractivity contribution is 1.09. The Morgan fingerprint density at radius 2 is 1.55 bits per heavy atom. The standard InChI is InChI=1S/C30H20BrNS/c31-21-8-5-7-19(17-21)20-15-16-23-22-9-1-3-11-25(22)32(27(23)18-20)26-12-6-14-29-30(26)24-10-2-4-13-28(24)33-29/h1-16,18,21H,17H2. The number of para-hydroxylation sites is 1. The van der Waals surface area contributed by atoms with Crippen molar-refractivity contribution in [2.45, 2.75) is 11.2 Å². The van der Waals surface area contributed by atoms with Gasteiger partial charge in [0.15, 0.2) is 0 Å². The topological polar surface area (TPSA) is 4.93 Å². The van der Waals surface area contributed by atoms with Crippen molar-refractivity contribution in [2.24, 2.45) is 0 Å². The van der Waals surface area contributed by atoms with Gasteiger partial charge in [-0.1, -0.05) is 88.8 Å². The van der Waals surface area contributed by atoms with Gasteiger partial charge in [0.2, 0.25) is 0 Å². The van der Waals surface area contributed by atoms with E-state index in [1.165, 1.54) is 58.8 Å². The molecule has 1 nitrogen and oxygen atoms in total. The molecule has 0 spiro atoms. The van der Waals surface area contributed by atoms with Crippen LogP contribution >= 0.6 is 27.3 Å². The van der Waals surface area contributed by atoms with Crippen molar-refractivity contribution in [1.29, 1.82) is 0 Å². The highest BCUT2D eigenvalue weighted by Gasteiger charge is 2.18. The molecular weight excluding hydrogens is 486 g/mol. The fraction of sp³-hybridized carbons (Fsp3) is 0.0667. The zero-order chi connectivity index (χ0) is 21.9. The third-order valence-electron chi connectivity index (χ3n) is 6.70. The Kier molecular flexibility index (Phi) is 4.36. The highest BCUT2D eigenvalue weighted by molar-refractivity contribution is 9.09. The first-order valence-corrected chi connectivity index (χ1v) is 13.0. The van der Waals surface area contributed by atoms with E-state index >= 15 is 0 Å². The monoisotopic (exact) mass is 505 g/mol. The van der Waals surface area contributed by atoms with Gasteiger partial charge in [0.25, 0.3) is 0 Å². The molecule has 6 aromatic rings. The van der Waals surface area contributed by atoms with Gasteiger partial charge in [-0.25, -0.2) is 0 Å². The Morgan fingerprint density at radius 1 is 0.758 bits per heavy atom. The van der Waals surface area contributed by atoms with Crippen molar-refractivity contribution in [3.63, 3.8) is 0 Å². The summed E-state index contributed by atoms with van der Waals surface area (Å²) in [5, 5.41) is 5.27. The molecule has 4 aromatic carbocycles. The molecule has 2 aromatic heterocycles. The van der Waals surface area contributed by atoms with Gasteiger partial charge in [0.1, 0.15) is 0 Å². The summed E-state index contributed by atoms with van der Waals surface area (Å²) in [5.41, 5.74) is 6.44. The molecule has 33 heavy (non-hydrogen) atoms. The summed E-state index contributed by atoms with van der Waals surface area (Å²) in [6, 6.07) is 31.2. The minimum atomic E-state index is 0.393. The smallest absolute Gasteiger partial charge is 0.0555 e. The van der Waals surface area contributed by atoms with Crippen molar-refractivity contribution in [3.05, 3.63) is 109 Å². The second kappa shape index (κ2) is 7.44. The van der Waals surface area contributed by atoms with Crippen molar-refractivity contribution < 1.29 is 0 Å². The van der Waals surface area contributed by atoms with Crippen LogP contribution in [0, 0.1) is 0 Å². The van der Waals surface area contributed by atoms with Crippen LogP contribution in [0.3, 0.4) is 0 Å². The van der Waals surface area contributed by atoms with Crippen molar-refractivity contribution in [1.82, 2.24) is 4.57 Å². The Balaban J connectivity index is 1.60. The maximum Gasteiger partial charge on any atom is 0.0555 e. The normalized spacial score (nSPS) is 16.3. The number of thiophene rings is 1. The number of benzene rings is 4. The molecule has 0 aliphatic heterocycles. The fourth-order valence-electron chi connectivity index (χ4n) is 5.22. The molecular formula is C30H20BrNS. The maximum absolute atomic E-state index is 3.77. The number of hydrogen-bond donors (Lipinski definition) is 0. The van der Waals surface area contributed by atoms with E-state index in [9.17, 15) is 0 Å². The summed E-state index contributed by atoms with van der Waals surface area (Å²) in [6.45, 7) is 0. The molecule has 1 aliphatic rings. The molecule has 1 aliphatic carbocycles. The predicted molar refractivity (Wildman–Crippen MR) is 148 cm³/mol. The first-order valence-electron chi connectivity index (χ1n) is 11.2. The van der Waals surface area contributed by atoms with Crippen LogP contribution in [0.5, 0.6) is 0 Å². The van der Waals surface area contributed by atoms with Gasteiger partial charge in [-0.05, 0) is 47.9 Å².